The molecule has 1 aliphatic rings. The molecule has 3 heteroatoms. The lowest BCUT2D eigenvalue weighted by atomic mass is 10.1. The number of rotatable bonds is 6. The lowest BCUT2D eigenvalue weighted by Crippen LogP contribution is -2.39. The first kappa shape index (κ1) is 13.6. The summed E-state index contributed by atoms with van der Waals surface area (Å²) < 4.78 is 5.06. The van der Waals surface area contributed by atoms with Gasteiger partial charge in [0.05, 0.1) is 12.5 Å². The Kier molecular flexibility index (Phi) is 5.75. The Hall–Kier alpha value is -0.800. The van der Waals surface area contributed by atoms with Crippen molar-refractivity contribution >= 4 is 0 Å². The van der Waals surface area contributed by atoms with Crippen LogP contribution in [0.5, 0.6) is 0 Å². The first-order chi connectivity index (χ1) is 8.90. The summed E-state index contributed by atoms with van der Waals surface area (Å²) in [6.45, 7) is 6.77. The van der Waals surface area contributed by atoms with E-state index in [4.69, 9.17) is 4.42 Å². The molecule has 0 aliphatic carbocycles. The lowest BCUT2D eigenvalue weighted by Gasteiger charge is -2.29. The Morgan fingerprint density at radius 2 is 2.33 bits per heavy atom. The van der Waals surface area contributed by atoms with Crippen molar-refractivity contribution in [1.29, 1.82) is 0 Å². The quantitative estimate of drug-likeness (QED) is 0.787. The van der Waals surface area contributed by atoms with E-state index < -0.39 is 0 Å². The highest BCUT2D eigenvalue weighted by molar-refractivity contribution is 5.04. The summed E-state index contributed by atoms with van der Waals surface area (Å²) in [5, 5.41) is 3.50. The largest absolute Gasteiger partial charge is 0.472 e. The Bertz CT molecular complexity index is 310. The molecule has 0 radical (unpaired) electrons. The number of likely N-dealkylation sites (tertiary alicyclic amines) is 1. The van der Waals surface area contributed by atoms with Crippen LogP contribution in [0.25, 0.3) is 0 Å². The highest BCUT2D eigenvalue weighted by atomic mass is 16.3. The maximum Gasteiger partial charge on any atom is 0.0947 e. The van der Waals surface area contributed by atoms with Gasteiger partial charge in [-0.1, -0.05) is 19.8 Å². The third kappa shape index (κ3) is 4.14. The van der Waals surface area contributed by atoms with E-state index in [0.717, 1.165) is 19.1 Å². The van der Waals surface area contributed by atoms with E-state index in [9.17, 15) is 0 Å². The van der Waals surface area contributed by atoms with Crippen molar-refractivity contribution in [3.63, 3.8) is 0 Å². The molecule has 2 rings (SSSR count). The zero-order valence-corrected chi connectivity index (χ0v) is 11.5. The molecule has 0 spiro atoms. The number of hydrogen-bond donors (Lipinski definition) is 1. The summed E-state index contributed by atoms with van der Waals surface area (Å²) >= 11 is 0. The van der Waals surface area contributed by atoms with Crippen LogP contribution in [-0.4, -0.2) is 30.6 Å². The molecule has 1 atom stereocenters. The van der Waals surface area contributed by atoms with Crippen molar-refractivity contribution in [3.8, 4) is 0 Å². The molecule has 1 unspecified atom stereocenters. The Labute approximate surface area is 111 Å². The van der Waals surface area contributed by atoms with Crippen LogP contribution < -0.4 is 5.32 Å². The number of nitrogens with one attached hydrogen (secondary N) is 1. The predicted octanol–water partition coefficient (Wildman–Crippen LogP) is 3.02. The topological polar surface area (TPSA) is 28.4 Å². The van der Waals surface area contributed by atoms with Gasteiger partial charge < -0.3 is 9.73 Å². The van der Waals surface area contributed by atoms with Crippen LogP contribution in [0.1, 0.15) is 44.6 Å². The van der Waals surface area contributed by atoms with Crippen molar-refractivity contribution in [2.24, 2.45) is 0 Å². The van der Waals surface area contributed by atoms with Gasteiger partial charge in [0.15, 0.2) is 0 Å². The van der Waals surface area contributed by atoms with Gasteiger partial charge in [-0.25, -0.2) is 0 Å². The van der Waals surface area contributed by atoms with Crippen LogP contribution in [0.4, 0.5) is 0 Å². The van der Waals surface area contributed by atoms with E-state index in [-0.39, 0.29) is 0 Å². The number of nitrogens with zero attached hydrogens (tertiary/aromatic N) is 1. The number of furan rings is 1. The van der Waals surface area contributed by atoms with Gasteiger partial charge >= 0.3 is 0 Å². The minimum Gasteiger partial charge on any atom is -0.472 e. The summed E-state index contributed by atoms with van der Waals surface area (Å²) in [5.41, 5.74) is 1.23. The van der Waals surface area contributed by atoms with Crippen LogP contribution in [0, 0.1) is 0 Å². The average Bonchev–Trinajstić information content (AvgIpc) is 2.80. The van der Waals surface area contributed by atoms with Gasteiger partial charge in [0, 0.05) is 31.2 Å². The fraction of sp³-hybridized carbons (Fsp3) is 0.733. The minimum atomic E-state index is 0.809. The van der Waals surface area contributed by atoms with Crippen molar-refractivity contribution in [1.82, 2.24) is 10.2 Å². The highest BCUT2D eigenvalue weighted by Crippen LogP contribution is 2.18. The Morgan fingerprint density at radius 1 is 1.39 bits per heavy atom. The third-order valence-corrected chi connectivity index (χ3v) is 3.96. The molecule has 1 aliphatic heterocycles. The molecule has 1 N–H and O–H groups in total. The molecule has 0 aromatic carbocycles. The van der Waals surface area contributed by atoms with E-state index in [2.05, 4.69) is 17.1 Å². The molecule has 2 heterocycles. The van der Waals surface area contributed by atoms with Crippen LogP contribution in [0.15, 0.2) is 23.0 Å². The second-order valence-corrected chi connectivity index (χ2v) is 5.26. The second kappa shape index (κ2) is 7.59. The number of hydrogen-bond acceptors (Lipinski definition) is 3. The van der Waals surface area contributed by atoms with Crippen molar-refractivity contribution in [2.45, 2.75) is 51.6 Å². The monoisotopic (exact) mass is 250 g/mol. The van der Waals surface area contributed by atoms with E-state index in [1.54, 1.807) is 6.26 Å². The lowest BCUT2D eigenvalue weighted by molar-refractivity contribution is 0.195. The maximum absolute atomic E-state index is 5.06. The zero-order valence-electron chi connectivity index (χ0n) is 11.5. The van der Waals surface area contributed by atoms with Crippen molar-refractivity contribution in [2.75, 3.05) is 19.6 Å². The summed E-state index contributed by atoms with van der Waals surface area (Å²) in [6, 6.07) is 2.83. The van der Waals surface area contributed by atoms with Crippen molar-refractivity contribution in [3.05, 3.63) is 24.2 Å². The highest BCUT2D eigenvalue weighted by Gasteiger charge is 2.18. The van der Waals surface area contributed by atoms with Gasteiger partial charge in [-0.05, 0) is 31.9 Å². The molecule has 0 amide bonds. The maximum atomic E-state index is 5.06. The first-order valence-electron chi connectivity index (χ1n) is 7.36. The summed E-state index contributed by atoms with van der Waals surface area (Å²) in [5.74, 6) is 0. The third-order valence-electron chi connectivity index (χ3n) is 3.96. The normalized spacial score (nSPS) is 21.9. The molecule has 0 saturated carbocycles. The standard InChI is InChI=1S/C15H26N2O/c1-2-15-6-4-3-5-9-17(15)10-8-16-12-14-7-11-18-13-14/h7,11,13,15-16H,2-6,8-10,12H2,1H3. The van der Waals surface area contributed by atoms with Crippen LogP contribution in [0.3, 0.4) is 0 Å². The second-order valence-electron chi connectivity index (χ2n) is 5.26. The molecule has 18 heavy (non-hydrogen) atoms. The van der Waals surface area contributed by atoms with Crippen LogP contribution in [-0.2, 0) is 6.54 Å². The molecule has 3 nitrogen and oxygen atoms in total. The fourth-order valence-electron chi connectivity index (χ4n) is 2.84. The molecular weight excluding hydrogens is 224 g/mol. The van der Waals surface area contributed by atoms with E-state index in [0.29, 0.717) is 0 Å². The molecule has 0 bridgehead atoms. The van der Waals surface area contributed by atoms with Gasteiger partial charge in [0.1, 0.15) is 0 Å². The molecule has 1 fully saturated rings. The predicted molar refractivity (Wildman–Crippen MR) is 74.5 cm³/mol. The SMILES string of the molecule is CCC1CCCCCN1CCNCc1ccoc1. The van der Waals surface area contributed by atoms with Gasteiger partial charge in [-0.2, -0.15) is 0 Å². The van der Waals surface area contributed by atoms with E-state index >= 15 is 0 Å². The van der Waals surface area contributed by atoms with Crippen LogP contribution >= 0.6 is 0 Å². The minimum absolute atomic E-state index is 0.809. The summed E-state index contributed by atoms with van der Waals surface area (Å²) in [4.78, 5) is 2.68. The Morgan fingerprint density at radius 3 is 3.11 bits per heavy atom. The van der Waals surface area contributed by atoms with Gasteiger partial charge in [-0.3, -0.25) is 4.90 Å². The fourth-order valence-corrected chi connectivity index (χ4v) is 2.84. The Balaban J connectivity index is 1.67. The molecule has 102 valence electrons. The first-order valence-corrected chi connectivity index (χ1v) is 7.36. The van der Waals surface area contributed by atoms with E-state index in [1.807, 2.05) is 12.3 Å². The summed E-state index contributed by atoms with van der Waals surface area (Å²) in [7, 11) is 0. The average molecular weight is 250 g/mol. The van der Waals surface area contributed by atoms with Crippen molar-refractivity contribution < 1.29 is 4.42 Å². The molecule has 1 aromatic heterocycles. The molecule has 1 aromatic rings. The molecular formula is C15H26N2O. The van der Waals surface area contributed by atoms with Gasteiger partial charge in [0.25, 0.3) is 0 Å². The van der Waals surface area contributed by atoms with Crippen LogP contribution in [0.2, 0.25) is 0 Å². The summed E-state index contributed by atoms with van der Waals surface area (Å²) in [6.07, 6.45) is 10.4. The van der Waals surface area contributed by atoms with Gasteiger partial charge in [0.2, 0.25) is 0 Å². The zero-order chi connectivity index (χ0) is 12.6. The van der Waals surface area contributed by atoms with Gasteiger partial charge in [-0.15, -0.1) is 0 Å². The molecule has 1 saturated heterocycles. The van der Waals surface area contributed by atoms with E-state index in [1.165, 1.54) is 50.8 Å². The smallest absolute Gasteiger partial charge is 0.0947 e.